The fraction of sp³-hybridized carbons (Fsp3) is 0.333. The first-order chi connectivity index (χ1) is 14.3. The Labute approximate surface area is 172 Å². The summed E-state index contributed by atoms with van der Waals surface area (Å²) in [5, 5.41) is 17.2. The lowest BCUT2D eigenvalue weighted by atomic mass is 10.1. The summed E-state index contributed by atoms with van der Waals surface area (Å²) in [4.78, 5) is 19.6. The Kier molecular flexibility index (Phi) is 5.43. The monoisotopic (exact) mass is 439 g/mol. The van der Waals surface area contributed by atoms with E-state index in [9.17, 15) is 23.3 Å². The van der Waals surface area contributed by atoms with Gasteiger partial charge in [0.15, 0.2) is 0 Å². The van der Waals surface area contributed by atoms with Gasteiger partial charge in [0.2, 0.25) is 11.7 Å². The molecular weight excluding hydrogens is 423 g/mol. The molecule has 0 amide bonds. The van der Waals surface area contributed by atoms with Gasteiger partial charge in [-0.05, 0) is 23.6 Å². The lowest BCUT2D eigenvalue weighted by Crippen LogP contribution is -2.46. The molecule has 1 fully saturated rings. The van der Waals surface area contributed by atoms with E-state index in [-0.39, 0.29) is 5.69 Å². The number of nitro groups is 1. The van der Waals surface area contributed by atoms with Crippen molar-refractivity contribution in [2.75, 3.05) is 31.1 Å². The third kappa shape index (κ3) is 4.28. The van der Waals surface area contributed by atoms with E-state index in [0.717, 1.165) is 10.9 Å². The predicted octanol–water partition coefficient (Wildman–Crippen LogP) is 4.05. The molecule has 0 bridgehead atoms. The van der Waals surface area contributed by atoms with E-state index in [1.807, 2.05) is 17.5 Å². The molecule has 0 unspecified atom stereocenters. The average molecular weight is 439 g/mol. The Morgan fingerprint density at radius 2 is 1.97 bits per heavy atom. The number of alkyl halides is 3. The number of piperazine rings is 1. The molecule has 4 rings (SSSR count). The molecule has 3 aromatic rings. The SMILES string of the molecule is O=[N+]([O-])c1cc(C(F)(F)F)ccc1N1CCN(Cc2nc(-c3cccs3)no2)CC1. The van der Waals surface area contributed by atoms with Crippen molar-refractivity contribution in [3.8, 4) is 10.7 Å². The van der Waals surface area contributed by atoms with Crippen molar-refractivity contribution < 1.29 is 22.6 Å². The smallest absolute Gasteiger partial charge is 0.363 e. The summed E-state index contributed by atoms with van der Waals surface area (Å²) >= 11 is 1.51. The maximum Gasteiger partial charge on any atom is 0.416 e. The van der Waals surface area contributed by atoms with Gasteiger partial charge >= 0.3 is 6.18 Å². The second kappa shape index (κ2) is 8.03. The molecular formula is C18H16F3N5O3S. The minimum absolute atomic E-state index is 0.186. The van der Waals surface area contributed by atoms with Gasteiger partial charge in [0, 0.05) is 32.2 Å². The molecule has 1 aliphatic rings. The zero-order valence-electron chi connectivity index (χ0n) is 15.5. The van der Waals surface area contributed by atoms with Gasteiger partial charge in [-0.25, -0.2) is 0 Å². The molecule has 2 aromatic heterocycles. The lowest BCUT2D eigenvalue weighted by Gasteiger charge is -2.35. The number of rotatable bonds is 5. The van der Waals surface area contributed by atoms with Crippen LogP contribution in [0.15, 0.2) is 40.2 Å². The molecule has 3 heterocycles. The van der Waals surface area contributed by atoms with Crippen molar-refractivity contribution >= 4 is 22.7 Å². The highest BCUT2D eigenvalue weighted by Gasteiger charge is 2.34. The van der Waals surface area contributed by atoms with Crippen LogP contribution in [0.4, 0.5) is 24.5 Å². The molecule has 1 aliphatic heterocycles. The van der Waals surface area contributed by atoms with Crippen molar-refractivity contribution in [1.82, 2.24) is 15.0 Å². The van der Waals surface area contributed by atoms with Gasteiger partial charge in [0.25, 0.3) is 5.69 Å². The highest BCUT2D eigenvalue weighted by Crippen LogP contribution is 2.36. The number of thiophene rings is 1. The van der Waals surface area contributed by atoms with Crippen LogP contribution in [0.5, 0.6) is 0 Å². The molecule has 158 valence electrons. The summed E-state index contributed by atoms with van der Waals surface area (Å²) in [6, 6.07) is 6.43. The zero-order chi connectivity index (χ0) is 21.3. The van der Waals surface area contributed by atoms with Crippen LogP contribution in [-0.4, -0.2) is 46.1 Å². The second-order valence-electron chi connectivity index (χ2n) is 6.71. The Morgan fingerprint density at radius 3 is 2.60 bits per heavy atom. The first kappa shape index (κ1) is 20.3. The standard InChI is InChI=1S/C18H16F3N5O3S/c19-18(20,21)12-3-4-13(14(10-12)26(27)28)25-7-5-24(6-8-25)11-16-22-17(23-29-16)15-2-1-9-30-15/h1-4,9-10H,5-8,11H2. The number of halogens is 3. The lowest BCUT2D eigenvalue weighted by molar-refractivity contribution is -0.384. The number of nitro benzene ring substituents is 1. The van der Waals surface area contributed by atoms with Crippen molar-refractivity contribution in [3.05, 3.63) is 57.3 Å². The van der Waals surface area contributed by atoms with Gasteiger partial charge in [0.1, 0.15) is 5.69 Å². The quantitative estimate of drug-likeness (QED) is 0.438. The van der Waals surface area contributed by atoms with E-state index in [2.05, 4.69) is 15.0 Å². The van der Waals surface area contributed by atoms with Crippen LogP contribution in [0, 0.1) is 10.1 Å². The van der Waals surface area contributed by atoms with Crippen LogP contribution in [0.1, 0.15) is 11.5 Å². The van der Waals surface area contributed by atoms with Gasteiger partial charge in [-0.2, -0.15) is 18.2 Å². The maximum atomic E-state index is 12.9. The Hall–Kier alpha value is -2.99. The van der Waals surface area contributed by atoms with E-state index < -0.39 is 22.4 Å². The maximum absolute atomic E-state index is 12.9. The molecule has 8 nitrogen and oxygen atoms in total. The minimum Gasteiger partial charge on any atom is -0.363 e. The third-order valence-electron chi connectivity index (χ3n) is 4.78. The molecule has 0 atom stereocenters. The molecule has 12 heteroatoms. The van der Waals surface area contributed by atoms with E-state index in [0.29, 0.717) is 50.5 Å². The summed E-state index contributed by atoms with van der Waals surface area (Å²) in [6.07, 6.45) is -4.63. The van der Waals surface area contributed by atoms with Gasteiger partial charge < -0.3 is 9.42 Å². The Morgan fingerprint density at radius 1 is 1.20 bits per heavy atom. The highest BCUT2D eigenvalue weighted by atomic mass is 32.1. The van der Waals surface area contributed by atoms with E-state index >= 15 is 0 Å². The number of benzene rings is 1. The van der Waals surface area contributed by atoms with E-state index in [1.54, 1.807) is 4.90 Å². The van der Waals surface area contributed by atoms with Crippen LogP contribution in [0.2, 0.25) is 0 Å². The van der Waals surface area contributed by atoms with Crippen LogP contribution in [-0.2, 0) is 12.7 Å². The van der Waals surface area contributed by atoms with Crippen LogP contribution in [0.25, 0.3) is 10.7 Å². The Bertz CT molecular complexity index is 1030. The van der Waals surface area contributed by atoms with Crippen molar-refractivity contribution in [2.45, 2.75) is 12.7 Å². The molecule has 1 aromatic carbocycles. The molecule has 0 saturated carbocycles. The van der Waals surface area contributed by atoms with Gasteiger partial charge in [-0.1, -0.05) is 11.2 Å². The van der Waals surface area contributed by atoms with Crippen molar-refractivity contribution in [2.24, 2.45) is 0 Å². The van der Waals surface area contributed by atoms with Crippen LogP contribution in [0.3, 0.4) is 0 Å². The van der Waals surface area contributed by atoms with Gasteiger partial charge in [-0.3, -0.25) is 15.0 Å². The first-order valence-corrected chi connectivity index (χ1v) is 9.88. The first-order valence-electron chi connectivity index (χ1n) is 9.00. The largest absolute Gasteiger partial charge is 0.416 e. The summed E-state index contributed by atoms with van der Waals surface area (Å²) in [6.45, 7) is 2.39. The summed E-state index contributed by atoms with van der Waals surface area (Å²) in [5.74, 6) is 0.992. The third-order valence-corrected chi connectivity index (χ3v) is 5.65. The topological polar surface area (TPSA) is 88.5 Å². The van der Waals surface area contributed by atoms with Crippen LogP contribution >= 0.6 is 11.3 Å². The Balaban J connectivity index is 1.42. The summed E-state index contributed by atoms with van der Waals surface area (Å²) in [7, 11) is 0. The summed E-state index contributed by atoms with van der Waals surface area (Å²) < 4.78 is 44.0. The fourth-order valence-electron chi connectivity index (χ4n) is 3.28. The van der Waals surface area contributed by atoms with Crippen LogP contribution < -0.4 is 4.90 Å². The fourth-order valence-corrected chi connectivity index (χ4v) is 3.93. The molecule has 0 radical (unpaired) electrons. The molecule has 0 spiro atoms. The number of anilines is 1. The average Bonchev–Trinajstić information content (AvgIpc) is 3.39. The molecule has 0 N–H and O–H groups in total. The zero-order valence-corrected chi connectivity index (χ0v) is 16.3. The second-order valence-corrected chi connectivity index (χ2v) is 7.66. The highest BCUT2D eigenvalue weighted by molar-refractivity contribution is 7.13. The van der Waals surface area contributed by atoms with E-state index in [1.165, 1.54) is 17.4 Å². The predicted molar refractivity (Wildman–Crippen MR) is 103 cm³/mol. The number of hydrogen-bond donors (Lipinski definition) is 0. The molecule has 1 saturated heterocycles. The summed E-state index contributed by atoms with van der Waals surface area (Å²) in [5.41, 5.74) is -1.39. The van der Waals surface area contributed by atoms with Crippen molar-refractivity contribution in [1.29, 1.82) is 0 Å². The molecule has 0 aliphatic carbocycles. The normalized spacial score (nSPS) is 15.5. The minimum atomic E-state index is -4.63. The van der Waals surface area contributed by atoms with E-state index in [4.69, 9.17) is 4.52 Å². The molecule has 30 heavy (non-hydrogen) atoms. The van der Waals surface area contributed by atoms with Gasteiger partial charge in [-0.15, -0.1) is 11.3 Å². The number of aromatic nitrogens is 2. The number of hydrogen-bond acceptors (Lipinski definition) is 8. The number of nitrogens with zero attached hydrogens (tertiary/aromatic N) is 5. The van der Waals surface area contributed by atoms with Crippen molar-refractivity contribution in [3.63, 3.8) is 0 Å². The van der Waals surface area contributed by atoms with Gasteiger partial charge in [0.05, 0.1) is 21.9 Å².